The number of nitrogens with two attached hydrogens (primary N) is 1. The van der Waals surface area contributed by atoms with E-state index >= 15 is 0 Å². The first kappa shape index (κ1) is 55.7. The maximum Gasteiger partial charge on any atom is 0.473 e. The van der Waals surface area contributed by atoms with Crippen molar-refractivity contribution in [1.29, 1.82) is 0 Å². The van der Waals surface area contributed by atoms with Gasteiger partial charge in [-0.05, 0) is 25.7 Å². The molecule has 3 aromatic rings. The Bertz CT molecular complexity index is 2600. The van der Waals surface area contributed by atoms with Crippen LogP contribution < -0.4 is 17.0 Å². The summed E-state index contributed by atoms with van der Waals surface area (Å²) in [6, 6.07) is 1.04. The number of fused-ring (bicyclic) bond motifs is 1. The monoisotopic (exact) mass is 1120 g/mol. The van der Waals surface area contributed by atoms with Crippen LogP contribution in [0.1, 0.15) is 39.1 Å². The van der Waals surface area contributed by atoms with Crippen LogP contribution in [0.4, 0.5) is 5.82 Å². The van der Waals surface area contributed by atoms with Gasteiger partial charge in [-0.25, -0.2) is 33.4 Å². The van der Waals surface area contributed by atoms with Crippen LogP contribution in [0.25, 0.3) is 11.2 Å². The number of aromatic amines is 1. The first-order chi connectivity index (χ1) is 33.0. The Balaban J connectivity index is 1.10. The second kappa shape index (κ2) is 23.3. The van der Waals surface area contributed by atoms with Crippen LogP contribution in [0.2, 0.25) is 0 Å². The fourth-order valence-electron chi connectivity index (χ4n) is 7.93. The van der Waals surface area contributed by atoms with Gasteiger partial charge in [-0.3, -0.25) is 50.6 Å². The lowest BCUT2D eigenvalue weighted by Crippen LogP contribution is -2.40. The third-order valence-electron chi connectivity index (χ3n) is 11.0. The highest BCUT2D eigenvalue weighted by Gasteiger charge is 2.54. The van der Waals surface area contributed by atoms with Gasteiger partial charge in [0.05, 0.1) is 38.9 Å². The number of rotatable bonds is 24. The van der Waals surface area contributed by atoms with Crippen molar-refractivity contribution >= 4 is 70.2 Å². The van der Waals surface area contributed by atoms with Crippen molar-refractivity contribution in [3.8, 4) is 0 Å². The predicted molar refractivity (Wildman–Crippen MR) is 243 cm³/mol. The zero-order chi connectivity index (χ0) is 50.8. The van der Waals surface area contributed by atoms with Crippen LogP contribution in [0.5, 0.6) is 0 Å². The lowest BCUT2D eigenvalue weighted by Gasteiger charge is -2.29. The van der Waals surface area contributed by atoms with Crippen molar-refractivity contribution in [1.82, 2.24) is 29.1 Å². The van der Waals surface area contributed by atoms with Crippen LogP contribution in [0.3, 0.4) is 0 Å². The summed E-state index contributed by atoms with van der Waals surface area (Å²) >= 11 is 9.46. The Morgan fingerprint density at radius 2 is 1.40 bits per heavy atom. The summed E-state index contributed by atoms with van der Waals surface area (Å²) in [5.74, 6) is 0.0179. The number of hydrogen-bond donors (Lipinski definition) is 7. The lowest BCUT2D eigenvalue weighted by atomic mass is 10.1. The highest BCUT2D eigenvalue weighted by atomic mass is 32.7. The number of aliphatic hydroxyl groups excluding tert-OH is 1. The number of hydrogen-bond acceptors (Lipinski definition) is 25. The molecule has 0 aromatic carbocycles. The van der Waals surface area contributed by atoms with Crippen LogP contribution >= 0.6 is 41.4 Å². The van der Waals surface area contributed by atoms with Gasteiger partial charge in [-0.2, -0.15) is 0 Å². The van der Waals surface area contributed by atoms with E-state index < -0.39 is 146 Å². The van der Waals surface area contributed by atoms with Gasteiger partial charge >= 0.3 is 34.9 Å². The third-order valence-corrected chi connectivity index (χ3v) is 16.4. The van der Waals surface area contributed by atoms with Crippen molar-refractivity contribution in [2.24, 2.45) is 0 Å². The van der Waals surface area contributed by atoms with Gasteiger partial charge in [0.15, 0.2) is 23.9 Å². The number of anilines is 1. The summed E-state index contributed by atoms with van der Waals surface area (Å²) in [4.78, 5) is 72.8. The molecule has 4 aliphatic rings. The molecule has 70 heavy (non-hydrogen) atoms. The lowest BCUT2D eigenvalue weighted by molar-refractivity contribution is -0.0611. The molecule has 3 aromatic heterocycles. The molecule has 36 heteroatoms. The van der Waals surface area contributed by atoms with E-state index in [1.165, 1.54) is 31.4 Å². The van der Waals surface area contributed by atoms with Crippen molar-refractivity contribution in [3.05, 3.63) is 45.8 Å². The molecular formula is C34H53N7O23P4S2. The minimum atomic E-state index is -5.24. The number of aromatic nitrogens is 6. The Kier molecular flexibility index (Phi) is 18.5. The molecule has 7 N–H and O–H groups in total. The summed E-state index contributed by atoms with van der Waals surface area (Å²) in [5.41, 5.74) is 4.74. The number of ether oxygens (including phenoxy) is 6. The third kappa shape index (κ3) is 13.6. The second-order valence-electron chi connectivity index (χ2n) is 16.1. The number of thiol groups is 1. The number of phosphoric ester groups is 2. The first-order valence-electron chi connectivity index (χ1n) is 21.1. The van der Waals surface area contributed by atoms with Gasteiger partial charge in [-0.1, -0.05) is 12.2 Å². The molecule has 4 saturated heterocycles. The number of nitrogens with one attached hydrogen (secondary N) is 1. The molecule has 7 rings (SSSR count). The van der Waals surface area contributed by atoms with Crippen molar-refractivity contribution < 1.29 is 98.1 Å². The van der Waals surface area contributed by atoms with Crippen molar-refractivity contribution in [2.75, 3.05) is 59.6 Å². The highest BCUT2D eigenvalue weighted by molar-refractivity contribution is 8.44. The van der Waals surface area contributed by atoms with Crippen LogP contribution in [0.15, 0.2) is 34.5 Å². The van der Waals surface area contributed by atoms with Gasteiger partial charge in [-0.15, -0.1) is 0 Å². The number of aliphatic hydroxyl groups is 1. The maximum absolute atomic E-state index is 14.0. The summed E-state index contributed by atoms with van der Waals surface area (Å²) in [6.45, 7) is -7.67. The molecule has 16 atom stereocenters. The fraction of sp³-hybridized carbons (Fsp3) is 0.735. The molecule has 0 radical (unpaired) electrons. The van der Waals surface area contributed by atoms with E-state index in [1.807, 2.05) is 0 Å². The van der Waals surface area contributed by atoms with Gasteiger partial charge in [0.2, 0.25) is 0 Å². The smallest absolute Gasteiger partial charge is 0.394 e. The molecule has 0 saturated carbocycles. The summed E-state index contributed by atoms with van der Waals surface area (Å²) in [5, 5.41) is 9.48. The van der Waals surface area contributed by atoms with Gasteiger partial charge in [0.1, 0.15) is 72.9 Å². The number of nitrogen functional groups attached to an aromatic ring is 1. The van der Waals surface area contributed by atoms with Crippen LogP contribution in [-0.2, 0) is 90.1 Å². The van der Waals surface area contributed by atoms with Gasteiger partial charge in [0.25, 0.3) is 5.56 Å². The zero-order valence-electron chi connectivity index (χ0n) is 37.5. The quantitative estimate of drug-likeness (QED) is 0.0482. The zero-order valence-corrected chi connectivity index (χ0v) is 42.8. The van der Waals surface area contributed by atoms with Crippen LogP contribution in [-0.4, -0.2) is 170 Å². The van der Waals surface area contributed by atoms with E-state index in [9.17, 15) is 43.1 Å². The highest BCUT2D eigenvalue weighted by Crippen LogP contribution is 2.57. The van der Waals surface area contributed by atoms with E-state index in [2.05, 4.69) is 32.2 Å². The topological polar surface area (TPSA) is 386 Å². The number of phosphoric acid groups is 2. The SMILES string of the molecule is COC1C(OP(O)(=S)OCC2O[C@@H](n3cnc4c(N)ncnc43)C(OC)C2OP(=O)(O)OC2CCOC2COP(=O)(O)OC2CCOC2CO)C(COP(=O)(S)OC(C)C)O[C@H]1n1ccc(=O)[nH]c1=O. The van der Waals surface area contributed by atoms with Gasteiger partial charge < -0.3 is 58.5 Å². The second-order valence-corrected chi connectivity index (χ2v) is 24.5. The predicted octanol–water partition coefficient (Wildman–Crippen LogP) is 0.825. The Morgan fingerprint density at radius 1 is 0.814 bits per heavy atom. The summed E-state index contributed by atoms with van der Waals surface area (Å²) in [6.07, 6.45) is -12.1. The van der Waals surface area contributed by atoms with Crippen molar-refractivity contribution in [2.45, 2.75) is 106 Å². The summed E-state index contributed by atoms with van der Waals surface area (Å²) < 4.78 is 121. The molecular weight excluding hydrogens is 1060 g/mol. The normalized spacial score (nSPS) is 32.8. The summed E-state index contributed by atoms with van der Waals surface area (Å²) in [7, 11) is -7.52. The molecule has 4 fully saturated rings. The molecule has 14 unspecified atom stereocenters. The van der Waals surface area contributed by atoms with E-state index in [1.54, 1.807) is 13.8 Å². The van der Waals surface area contributed by atoms with E-state index in [0.717, 1.165) is 16.8 Å². The molecule has 0 bridgehead atoms. The van der Waals surface area contributed by atoms with E-state index in [4.69, 9.17) is 82.2 Å². The number of nitrogens with zero attached hydrogens (tertiary/aromatic N) is 5. The minimum absolute atomic E-state index is 0.00590. The average molecular weight is 1120 g/mol. The van der Waals surface area contributed by atoms with Gasteiger partial charge in [0, 0.05) is 52.5 Å². The van der Waals surface area contributed by atoms with Crippen molar-refractivity contribution in [3.63, 3.8) is 0 Å². The Morgan fingerprint density at radius 3 is 2.03 bits per heavy atom. The average Bonchev–Trinajstić information content (AvgIpc) is 4.12. The molecule has 4 aliphatic heterocycles. The maximum atomic E-state index is 14.0. The minimum Gasteiger partial charge on any atom is -0.394 e. The number of methoxy groups -OCH3 is 2. The molecule has 30 nitrogen and oxygen atoms in total. The standard InChI is InChI=1S/C34H53N7O23P4S2/c1-17(2)60-67(49,69)56-14-23-27(29(52-4)32(58-23)40-8-5-24(43)39-34(40)44)64-68(50,70)57-13-22-26(28(51-3)33(59-22)41-16-38-25-30(35)36-15-37-31(25)41)63-66(47,48)62-19-7-10-54-21(19)12-55-65(45,46)61-18-6-9-53-20(18)11-42/h5,8,15-23,26-29,32-33,42H,6-7,9-14H2,1-4H3,(H,45,46)(H,47,48)(H,49,69)(H,50,70)(H2,35,36,37)(H,39,43,44)/t18?,19?,20?,21?,22?,23?,26?,27?,28?,29?,32-,33-,67?,68?/m1/s1. The number of imidazole rings is 1. The van der Waals surface area contributed by atoms with Crippen LogP contribution in [0, 0.1) is 0 Å². The molecule has 7 heterocycles. The molecule has 0 aliphatic carbocycles. The Labute approximate surface area is 407 Å². The molecule has 394 valence electrons. The first-order valence-corrected chi connectivity index (χ1v) is 29.4. The fourth-order valence-corrected chi connectivity index (χ4v) is 13.2. The largest absolute Gasteiger partial charge is 0.473 e. The van der Waals surface area contributed by atoms with E-state index in [-0.39, 0.29) is 43.0 Å². The Hall–Kier alpha value is -2.00. The molecule has 0 amide bonds. The molecule has 0 spiro atoms. The van der Waals surface area contributed by atoms with E-state index in [0.29, 0.717) is 0 Å². The number of H-pyrrole nitrogens is 1.